The zero-order valence-corrected chi connectivity index (χ0v) is 12.0. The Morgan fingerprint density at radius 2 is 1.89 bits per heavy atom. The highest BCUT2D eigenvalue weighted by Crippen LogP contribution is 2.17. The topological polar surface area (TPSA) is 21.3 Å². The van der Waals surface area contributed by atoms with Crippen LogP contribution in [0.1, 0.15) is 45.3 Å². The van der Waals surface area contributed by atoms with Gasteiger partial charge in [-0.2, -0.15) is 0 Å². The van der Waals surface area contributed by atoms with Crippen molar-refractivity contribution in [1.29, 1.82) is 0 Å². The molecule has 0 amide bonds. The zero-order chi connectivity index (χ0) is 13.2. The monoisotopic (exact) mass is 249 g/mol. The van der Waals surface area contributed by atoms with Crippen LogP contribution in [0, 0.1) is 5.92 Å². The normalized spacial score (nSPS) is 12.9. The van der Waals surface area contributed by atoms with Crippen LogP contribution in [0.15, 0.2) is 30.3 Å². The summed E-state index contributed by atoms with van der Waals surface area (Å²) in [4.78, 5) is 0. The lowest BCUT2D eigenvalue weighted by Crippen LogP contribution is -2.23. The molecule has 0 aliphatic carbocycles. The molecule has 2 heteroatoms. The number of rotatable bonds is 9. The van der Waals surface area contributed by atoms with E-state index in [4.69, 9.17) is 4.74 Å². The van der Waals surface area contributed by atoms with E-state index in [9.17, 15) is 0 Å². The summed E-state index contributed by atoms with van der Waals surface area (Å²) in [5, 5.41) is 3.37. The third kappa shape index (κ3) is 6.18. The van der Waals surface area contributed by atoms with E-state index in [0.29, 0.717) is 0 Å². The number of benzene rings is 1. The Hall–Kier alpha value is -0.860. The molecule has 1 atom stereocenters. The Labute approximate surface area is 112 Å². The third-order valence-corrected chi connectivity index (χ3v) is 3.00. The highest BCUT2D eigenvalue weighted by atomic mass is 16.5. The van der Waals surface area contributed by atoms with Crippen molar-refractivity contribution >= 4 is 0 Å². The van der Waals surface area contributed by atoms with Crippen LogP contribution in [0.25, 0.3) is 0 Å². The van der Waals surface area contributed by atoms with Gasteiger partial charge in [0.1, 0.15) is 0 Å². The molecule has 0 saturated carbocycles. The summed E-state index contributed by atoms with van der Waals surface area (Å²) in [6.45, 7) is 9.37. The van der Waals surface area contributed by atoms with E-state index in [2.05, 4.69) is 50.4 Å². The van der Waals surface area contributed by atoms with Crippen LogP contribution in [-0.2, 0) is 4.74 Å². The Morgan fingerprint density at radius 3 is 2.50 bits per heavy atom. The molecule has 0 fully saturated rings. The van der Waals surface area contributed by atoms with E-state index in [-0.39, 0.29) is 6.10 Å². The lowest BCUT2D eigenvalue weighted by atomic mass is 10.1. The smallest absolute Gasteiger partial charge is 0.0949 e. The lowest BCUT2D eigenvalue weighted by molar-refractivity contribution is 0.0490. The highest BCUT2D eigenvalue weighted by Gasteiger charge is 2.10. The fourth-order valence-corrected chi connectivity index (χ4v) is 1.93. The molecule has 18 heavy (non-hydrogen) atoms. The second-order valence-corrected chi connectivity index (χ2v) is 5.11. The van der Waals surface area contributed by atoms with Gasteiger partial charge in [0.05, 0.1) is 6.10 Å². The van der Waals surface area contributed by atoms with Crippen LogP contribution in [0.3, 0.4) is 0 Å². The van der Waals surface area contributed by atoms with E-state index in [1.165, 1.54) is 12.0 Å². The molecule has 1 aromatic rings. The zero-order valence-electron chi connectivity index (χ0n) is 12.0. The van der Waals surface area contributed by atoms with Gasteiger partial charge >= 0.3 is 0 Å². The molecule has 0 aromatic heterocycles. The van der Waals surface area contributed by atoms with E-state index in [1.54, 1.807) is 0 Å². The van der Waals surface area contributed by atoms with Gasteiger partial charge < -0.3 is 10.1 Å². The van der Waals surface area contributed by atoms with Gasteiger partial charge in [0.2, 0.25) is 0 Å². The first kappa shape index (κ1) is 15.2. The summed E-state index contributed by atoms with van der Waals surface area (Å²) in [6.07, 6.45) is 2.56. The molecule has 2 nitrogen and oxygen atoms in total. The Balaban J connectivity index is 2.41. The van der Waals surface area contributed by atoms with E-state index < -0.39 is 0 Å². The molecule has 0 saturated heterocycles. The Bertz CT molecular complexity index is 297. The maximum absolute atomic E-state index is 6.02. The van der Waals surface area contributed by atoms with E-state index in [1.807, 2.05) is 6.07 Å². The summed E-state index contributed by atoms with van der Waals surface area (Å²) in [6, 6.07) is 10.5. The van der Waals surface area contributed by atoms with Crippen LogP contribution in [-0.4, -0.2) is 19.7 Å². The van der Waals surface area contributed by atoms with Gasteiger partial charge in [-0.15, -0.1) is 0 Å². The van der Waals surface area contributed by atoms with Crippen LogP contribution in [0.4, 0.5) is 0 Å². The van der Waals surface area contributed by atoms with Crippen molar-refractivity contribution in [2.75, 3.05) is 19.7 Å². The molecule has 0 bridgehead atoms. The SMILES string of the molecule is CCNCC(OCCCC(C)C)c1ccccc1. The lowest BCUT2D eigenvalue weighted by Gasteiger charge is -2.19. The van der Waals surface area contributed by atoms with Gasteiger partial charge in [0.15, 0.2) is 0 Å². The Morgan fingerprint density at radius 1 is 1.17 bits per heavy atom. The first-order chi connectivity index (χ1) is 8.74. The quantitative estimate of drug-likeness (QED) is 0.672. The van der Waals surface area contributed by atoms with Crippen molar-refractivity contribution in [2.45, 2.75) is 39.7 Å². The first-order valence-corrected chi connectivity index (χ1v) is 7.11. The minimum atomic E-state index is 0.179. The molecule has 0 aliphatic heterocycles. The summed E-state index contributed by atoms with van der Waals surface area (Å²) < 4.78 is 6.02. The average molecular weight is 249 g/mol. The molecule has 0 radical (unpaired) electrons. The largest absolute Gasteiger partial charge is 0.372 e. The van der Waals surface area contributed by atoms with E-state index in [0.717, 1.165) is 32.0 Å². The Kier molecular flexibility index (Phi) is 7.70. The van der Waals surface area contributed by atoms with Crippen molar-refractivity contribution in [1.82, 2.24) is 5.32 Å². The predicted molar refractivity (Wildman–Crippen MR) is 77.8 cm³/mol. The molecule has 102 valence electrons. The van der Waals surface area contributed by atoms with Crippen LogP contribution < -0.4 is 5.32 Å². The molecular weight excluding hydrogens is 222 g/mol. The fraction of sp³-hybridized carbons (Fsp3) is 0.625. The fourth-order valence-electron chi connectivity index (χ4n) is 1.93. The number of hydrogen-bond acceptors (Lipinski definition) is 2. The third-order valence-electron chi connectivity index (χ3n) is 3.00. The average Bonchev–Trinajstić information content (AvgIpc) is 2.38. The molecule has 0 aliphatic rings. The second kappa shape index (κ2) is 9.12. The summed E-state index contributed by atoms with van der Waals surface area (Å²) in [5.74, 6) is 0.762. The summed E-state index contributed by atoms with van der Waals surface area (Å²) in [5.41, 5.74) is 1.27. The molecule has 1 N–H and O–H groups in total. The summed E-state index contributed by atoms with van der Waals surface area (Å²) >= 11 is 0. The van der Waals surface area contributed by atoms with E-state index >= 15 is 0 Å². The predicted octanol–water partition coefficient (Wildman–Crippen LogP) is 3.79. The maximum atomic E-state index is 6.02. The molecule has 1 unspecified atom stereocenters. The number of hydrogen-bond donors (Lipinski definition) is 1. The van der Waals surface area contributed by atoms with Crippen LogP contribution in [0.5, 0.6) is 0 Å². The number of likely N-dealkylation sites (N-methyl/N-ethyl adjacent to an activating group) is 1. The van der Waals surface area contributed by atoms with Gasteiger partial charge in [-0.3, -0.25) is 0 Å². The maximum Gasteiger partial charge on any atom is 0.0949 e. The first-order valence-electron chi connectivity index (χ1n) is 7.11. The second-order valence-electron chi connectivity index (χ2n) is 5.11. The number of nitrogens with one attached hydrogen (secondary N) is 1. The van der Waals surface area contributed by atoms with Gasteiger partial charge in [0.25, 0.3) is 0 Å². The van der Waals surface area contributed by atoms with Crippen molar-refractivity contribution < 1.29 is 4.74 Å². The van der Waals surface area contributed by atoms with Crippen LogP contribution >= 0.6 is 0 Å². The molecular formula is C16H27NO. The minimum absolute atomic E-state index is 0.179. The molecule has 1 aromatic carbocycles. The van der Waals surface area contributed by atoms with Crippen LogP contribution in [0.2, 0.25) is 0 Å². The van der Waals surface area contributed by atoms with Crippen molar-refractivity contribution in [2.24, 2.45) is 5.92 Å². The van der Waals surface area contributed by atoms with Crippen molar-refractivity contribution in [3.05, 3.63) is 35.9 Å². The van der Waals surface area contributed by atoms with Crippen molar-refractivity contribution in [3.63, 3.8) is 0 Å². The molecule has 0 heterocycles. The minimum Gasteiger partial charge on any atom is -0.372 e. The summed E-state index contributed by atoms with van der Waals surface area (Å²) in [7, 11) is 0. The highest BCUT2D eigenvalue weighted by molar-refractivity contribution is 5.17. The van der Waals surface area contributed by atoms with Crippen molar-refractivity contribution in [3.8, 4) is 0 Å². The molecule has 1 rings (SSSR count). The standard InChI is InChI=1S/C16H27NO/c1-4-17-13-16(15-10-6-5-7-11-15)18-12-8-9-14(2)3/h5-7,10-11,14,16-17H,4,8-9,12-13H2,1-3H3. The van der Waals surface area contributed by atoms with Gasteiger partial charge in [-0.1, -0.05) is 51.1 Å². The van der Waals surface area contributed by atoms with Gasteiger partial charge in [-0.25, -0.2) is 0 Å². The molecule has 0 spiro atoms. The number of ether oxygens (including phenoxy) is 1. The van der Waals surface area contributed by atoms with Gasteiger partial charge in [-0.05, 0) is 30.9 Å². The van der Waals surface area contributed by atoms with Gasteiger partial charge in [0, 0.05) is 13.2 Å².